The Morgan fingerprint density at radius 1 is 1.40 bits per heavy atom. The topological polar surface area (TPSA) is 64.1 Å². The van der Waals surface area contributed by atoms with E-state index in [4.69, 9.17) is 5.73 Å². The van der Waals surface area contributed by atoms with Gasteiger partial charge in [-0.2, -0.15) is 13.2 Å². The van der Waals surface area contributed by atoms with Crippen LogP contribution < -0.4 is 5.73 Å². The number of hydrogen-bond acceptors (Lipinski definition) is 3. The summed E-state index contributed by atoms with van der Waals surface area (Å²) in [5.74, 6) is 0.0282. The largest absolute Gasteiger partial charge is 0.412 e. The van der Waals surface area contributed by atoms with Gasteiger partial charge >= 0.3 is 6.18 Å². The van der Waals surface area contributed by atoms with Crippen molar-refractivity contribution < 1.29 is 18.3 Å². The van der Waals surface area contributed by atoms with E-state index in [1.165, 1.54) is 19.1 Å². The predicted octanol–water partition coefficient (Wildman–Crippen LogP) is 2.72. The molecular weight excluding hydrogens is 271 g/mol. The van der Waals surface area contributed by atoms with Crippen molar-refractivity contribution in [3.63, 3.8) is 0 Å². The summed E-state index contributed by atoms with van der Waals surface area (Å²) in [7, 11) is 0. The van der Waals surface area contributed by atoms with E-state index < -0.39 is 17.8 Å². The summed E-state index contributed by atoms with van der Waals surface area (Å²) in [5.41, 5.74) is 4.85. The zero-order valence-corrected chi connectivity index (χ0v) is 10.8. The highest BCUT2D eigenvalue weighted by atomic mass is 19.4. The first-order chi connectivity index (χ1) is 9.26. The van der Waals surface area contributed by atoms with Crippen LogP contribution in [0.2, 0.25) is 0 Å². The predicted molar refractivity (Wildman–Crippen MR) is 68.0 cm³/mol. The van der Waals surface area contributed by atoms with Crippen molar-refractivity contribution in [2.24, 2.45) is 0 Å². The fraction of sp³-hybridized carbons (Fsp3) is 0.462. The number of nitrogens with zero attached hydrogens (tertiary/aromatic N) is 2. The molecule has 3 rings (SSSR count). The minimum Gasteiger partial charge on any atom is -0.399 e. The molecule has 0 radical (unpaired) electrons. The quantitative estimate of drug-likeness (QED) is 0.834. The number of rotatable bonds is 2. The summed E-state index contributed by atoms with van der Waals surface area (Å²) >= 11 is 0. The number of aliphatic hydroxyl groups excluding tert-OH is 1. The van der Waals surface area contributed by atoms with E-state index in [1.54, 1.807) is 6.07 Å². The van der Waals surface area contributed by atoms with E-state index in [0.29, 0.717) is 16.7 Å². The Kier molecular flexibility index (Phi) is 2.57. The molecule has 2 aromatic rings. The summed E-state index contributed by atoms with van der Waals surface area (Å²) in [6.07, 6.45) is -5.44. The number of imidazole rings is 1. The molecule has 1 atom stereocenters. The molecule has 1 aliphatic rings. The molecular formula is C13H14F3N3O. The highest BCUT2D eigenvalue weighted by Crippen LogP contribution is 2.57. The van der Waals surface area contributed by atoms with Crippen LogP contribution in [0.15, 0.2) is 18.2 Å². The van der Waals surface area contributed by atoms with Crippen molar-refractivity contribution in [2.75, 3.05) is 5.73 Å². The van der Waals surface area contributed by atoms with Crippen molar-refractivity contribution in [1.29, 1.82) is 0 Å². The molecule has 0 spiro atoms. The molecule has 1 heterocycles. The lowest BCUT2D eigenvalue weighted by atomic mass is 10.2. The van der Waals surface area contributed by atoms with E-state index >= 15 is 0 Å². The molecule has 1 saturated carbocycles. The summed E-state index contributed by atoms with van der Waals surface area (Å²) < 4.78 is 41.2. The lowest BCUT2D eigenvalue weighted by Gasteiger charge is -2.24. The fourth-order valence-corrected chi connectivity index (χ4v) is 2.60. The molecule has 4 nitrogen and oxygen atoms in total. The maximum Gasteiger partial charge on any atom is 0.412 e. The molecule has 7 heteroatoms. The van der Waals surface area contributed by atoms with E-state index in [-0.39, 0.29) is 18.7 Å². The number of aliphatic hydroxyl groups is 1. The molecule has 1 aromatic carbocycles. The molecule has 0 saturated heterocycles. The standard InChI is InChI=1S/C13H14F3N3O/c1-7(20)11-18-9-6-8(17)2-3-10(9)19(11)12(4-5-12)13(14,15)16/h2-3,6-7,20H,4-5,17H2,1H3. The van der Waals surface area contributed by atoms with Crippen molar-refractivity contribution >= 4 is 16.7 Å². The first-order valence-corrected chi connectivity index (χ1v) is 6.29. The van der Waals surface area contributed by atoms with Crippen LogP contribution >= 0.6 is 0 Å². The van der Waals surface area contributed by atoms with Crippen LogP contribution in [0, 0.1) is 0 Å². The van der Waals surface area contributed by atoms with Crippen LogP contribution in [0.25, 0.3) is 11.0 Å². The third kappa shape index (κ3) is 1.69. The lowest BCUT2D eigenvalue weighted by molar-refractivity contribution is -0.180. The van der Waals surface area contributed by atoms with Crippen LogP contribution in [-0.4, -0.2) is 20.8 Å². The second kappa shape index (κ2) is 3.88. The minimum atomic E-state index is -4.37. The van der Waals surface area contributed by atoms with Gasteiger partial charge in [0.2, 0.25) is 0 Å². The molecule has 1 aromatic heterocycles. The van der Waals surface area contributed by atoms with E-state index in [2.05, 4.69) is 4.98 Å². The number of anilines is 1. The number of fused-ring (bicyclic) bond motifs is 1. The average molecular weight is 285 g/mol. The summed E-state index contributed by atoms with van der Waals surface area (Å²) in [6.45, 7) is 1.41. The van der Waals surface area contributed by atoms with Gasteiger partial charge in [-0.1, -0.05) is 0 Å². The first kappa shape index (κ1) is 13.2. The maximum absolute atomic E-state index is 13.4. The van der Waals surface area contributed by atoms with Crippen molar-refractivity contribution in [2.45, 2.75) is 37.6 Å². The molecule has 1 aliphatic carbocycles. The molecule has 1 unspecified atom stereocenters. The molecule has 3 N–H and O–H groups in total. The second-order valence-corrected chi connectivity index (χ2v) is 5.26. The third-order valence-corrected chi connectivity index (χ3v) is 3.76. The Hall–Kier alpha value is -1.76. The van der Waals surface area contributed by atoms with E-state index in [1.807, 2.05) is 0 Å². The van der Waals surface area contributed by atoms with E-state index in [0.717, 1.165) is 4.57 Å². The van der Waals surface area contributed by atoms with Crippen molar-refractivity contribution in [1.82, 2.24) is 9.55 Å². The van der Waals surface area contributed by atoms with Gasteiger partial charge in [-0.3, -0.25) is 0 Å². The third-order valence-electron chi connectivity index (χ3n) is 3.76. The van der Waals surface area contributed by atoms with Crippen molar-refractivity contribution in [3.05, 3.63) is 24.0 Å². The van der Waals surface area contributed by atoms with E-state index in [9.17, 15) is 18.3 Å². The second-order valence-electron chi connectivity index (χ2n) is 5.26. The number of nitrogens with two attached hydrogens (primary N) is 1. The Balaban J connectivity index is 2.31. The number of halogens is 3. The molecule has 1 fully saturated rings. The van der Waals surface area contributed by atoms with Gasteiger partial charge in [0.05, 0.1) is 11.0 Å². The SMILES string of the molecule is CC(O)c1nc2cc(N)ccc2n1C1(C(F)(F)F)CC1. The summed E-state index contributed by atoms with van der Waals surface area (Å²) in [4.78, 5) is 4.13. The van der Waals surface area contributed by atoms with Gasteiger partial charge in [-0.25, -0.2) is 4.98 Å². The lowest BCUT2D eigenvalue weighted by Crippen LogP contribution is -2.36. The Bertz CT molecular complexity index is 671. The zero-order chi connectivity index (χ0) is 14.7. The number of nitrogen functional groups attached to an aromatic ring is 1. The number of hydrogen-bond donors (Lipinski definition) is 2. The highest BCUT2D eigenvalue weighted by molar-refractivity contribution is 5.80. The Morgan fingerprint density at radius 2 is 2.05 bits per heavy atom. The molecule has 0 bridgehead atoms. The molecule has 0 amide bonds. The smallest absolute Gasteiger partial charge is 0.399 e. The first-order valence-electron chi connectivity index (χ1n) is 6.29. The fourth-order valence-electron chi connectivity index (χ4n) is 2.60. The number of benzene rings is 1. The van der Waals surface area contributed by atoms with Gasteiger partial charge in [0.1, 0.15) is 17.5 Å². The highest BCUT2D eigenvalue weighted by Gasteiger charge is 2.66. The Labute approximate surface area is 113 Å². The summed E-state index contributed by atoms with van der Waals surface area (Å²) in [6, 6.07) is 4.58. The molecule has 20 heavy (non-hydrogen) atoms. The normalized spacial score (nSPS) is 19.2. The van der Waals surface area contributed by atoms with Crippen LogP contribution in [-0.2, 0) is 5.54 Å². The molecule has 108 valence electrons. The van der Waals surface area contributed by atoms with Gasteiger partial charge in [0.15, 0.2) is 0 Å². The van der Waals surface area contributed by atoms with Crippen LogP contribution in [0.5, 0.6) is 0 Å². The number of aromatic nitrogens is 2. The van der Waals surface area contributed by atoms with Crippen LogP contribution in [0.4, 0.5) is 18.9 Å². The average Bonchev–Trinajstić information content (AvgIpc) is 3.05. The van der Waals surface area contributed by atoms with Gasteiger partial charge in [-0.05, 0) is 38.0 Å². The van der Waals surface area contributed by atoms with Crippen LogP contribution in [0.1, 0.15) is 31.7 Å². The van der Waals surface area contributed by atoms with Gasteiger partial charge in [0, 0.05) is 5.69 Å². The summed E-state index contributed by atoms with van der Waals surface area (Å²) in [5, 5.41) is 9.75. The Morgan fingerprint density at radius 3 is 2.55 bits per heavy atom. The van der Waals surface area contributed by atoms with Gasteiger partial charge < -0.3 is 15.4 Å². The minimum absolute atomic E-state index is 0.00601. The van der Waals surface area contributed by atoms with Crippen molar-refractivity contribution in [3.8, 4) is 0 Å². The maximum atomic E-state index is 13.4. The van der Waals surface area contributed by atoms with Gasteiger partial charge in [0.25, 0.3) is 0 Å². The molecule has 0 aliphatic heterocycles. The van der Waals surface area contributed by atoms with Gasteiger partial charge in [-0.15, -0.1) is 0 Å². The number of alkyl halides is 3. The zero-order valence-electron chi connectivity index (χ0n) is 10.8. The monoisotopic (exact) mass is 285 g/mol. The van der Waals surface area contributed by atoms with Crippen LogP contribution in [0.3, 0.4) is 0 Å².